The molecule has 0 saturated carbocycles. The van der Waals surface area contributed by atoms with E-state index in [1.807, 2.05) is 35.2 Å². The Labute approximate surface area is 114 Å². The monoisotopic (exact) mass is 259 g/mol. The van der Waals surface area contributed by atoms with Gasteiger partial charge in [-0.25, -0.2) is 0 Å². The van der Waals surface area contributed by atoms with Gasteiger partial charge in [0, 0.05) is 18.2 Å². The maximum atomic E-state index is 12.4. The maximum Gasteiger partial charge on any atom is 0.227 e. The second-order valence-electron chi connectivity index (χ2n) is 4.87. The van der Waals surface area contributed by atoms with Crippen LogP contribution >= 0.6 is 0 Å². The molecule has 1 aliphatic rings. The number of benzene rings is 1. The van der Waals surface area contributed by atoms with Crippen LogP contribution in [0.25, 0.3) is 0 Å². The van der Waals surface area contributed by atoms with Crippen molar-refractivity contribution in [3.63, 3.8) is 0 Å². The Kier molecular flexibility index (Phi) is 4.61. The Morgan fingerprint density at radius 1 is 1.47 bits per heavy atom. The van der Waals surface area contributed by atoms with E-state index in [4.69, 9.17) is 4.74 Å². The van der Waals surface area contributed by atoms with Gasteiger partial charge >= 0.3 is 0 Å². The summed E-state index contributed by atoms with van der Waals surface area (Å²) in [5.74, 6) is 0.942. The fourth-order valence-electron chi connectivity index (χ4n) is 2.63. The van der Waals surface area contributed by atoms with Gasteiger partial charge in [0.2, 0.25) is 5.91 Å². The van der Waals surface area contributed by atoms with E-state index in [9.17, 15) is 4.79 Å². The SMILES string of the molecule is C=C[C@@H]1CCCCN1C(=O)Cc1ccccc1OC. The minimum atomic E-state index is 0.161. The summed E-state index contributed by atoms with van der Waals surface area (Å²) in [4.78, 5) is 14.4. The van der Waals surface area contributed by atoms with Crippen molar-refractivity contribution in [1.29, 1.82) is 0 Å². The van der Waals surface area contributed by atoms with Crippen molar-refractivity contribution in [3.05, 3.63) is 42.5 Å². The maximum absolute atomic E-state index is 12.4. The number of carbonyl (C=O) groups excluding carboxylic acids is 1. The molecule has 3 nitrogen and oxygen atoms in total. The lowest BCUT2D eigenvalue weighted by Gasteiger charge is -2.34. The van der Waals surface area contributed by atoms with Crippen LogP contribution in [0.3, 0.4) is 0 Å². The van der Waals surface area contributed by atoms with Crippen molar-refractivity contribution < 1.29 is 9.53 Å². The summed E-state index contributed by atoms with van der Waals surface area (Å²) < 4.78 is 5.30. The number of piperidine rings is 1. The second-order valence-corrected chi connectivity index (χ2v) is 4.87. The normalized spacial score (nSPS) is 19.0. The van der Waals surface area contributed by atoms with Gasteiger partial charge in [0.05, 0.1) is 13.5 Å². The van der Waals surface area contributed by atoms with E-state index in [0.717, 1.165) is 30.7 Å². The van der Waals surface area contributed by atoms with Gasteiger partial charge in [-0.15, -0.1) is 6.58 Å². The number of carbonyl (C=O) groups is 1. The van der Waals surface area contributed by atoms with E-state index in [-0.39, 0.29) is 11.9 Å². The molecule has 1 aliphatic heterocycles. The largest absolute Gasteiger partial charge is 0.496 e. The third kappa shape index (κ3) is 3.16. The van der Waals surface area contributed by atoms with Gasteiger partial charge in [-0.2, -0.15) is 0 Å². The number of hydrogen-bond acceptors (Lipinski definition) is 2. The van der Waals surface area contributed by atoms with Crippen LogP contribution in [0, 0.1) is 0 Å². The third-order valence-electron chi connectivity index (χ3n) is 3.68. The van der Waals surface area contributed by atoms with Crippen molar-refractivity contribution in [2.45, 2.75) is 31.7 Å². The molecule has 0 aromatic heterocycles. The summed E-state index contributed by atoms with van der Waals surface area (Å²) in [6.07, 6.45) is 5.58. The average molecular weight is 259 g/mol. The minimum Gasteiger partial charge on any atom is -0.496 e. The van der Waals surface area contributed by atoms with Crippen molar-refractivity contribution in [2.75, 3.05) is 13.7 Å². The Bertz CT molecular complexity index is 456. The van der Waals surface area contributed by atoms with E-state index in [1.165, 1.54) is 6.42 Å². The lowest BCUT2D eigenvalue weighted by atomic mass is 10.0. The van der Waals surface area contributed by atoms with Crippen molar-refractivity contribution in [3.8, 4) is 5.75 Å². The molecule has 1 fully saturated rings. The molecule has 1 aromatic rings. The molecule has 2 rings (SSSR count). The van der Waals surface area contributed by atoms with Gasteiger partial charge in [0.15, 0.2) is 0 Å². The highest BCUT2D eigenvalue weighted by molar-refractivity contribution is 5.80. The highest BCUT2D eigenvalue weighted by atomic mass is 16.5. The van der Waals surface area contributed by atoms with Crippen LogP contribution in [0.15, 0.2) is 36.9 Å². The molecule has 102 valence electrons. The van der Waals surface area contributed by atoms with Crippen LogP contribution in [0.2, 0.25) is 0 Å². The van der Waals surface area contributed by atoms with Gasteiger partial charge in [-0.3, -0.25) is 4.79 Å². The molecule has 1 amide bonds. The van der Waals surface area contributed by atoms with Crippen LogP contribution in [0.5, 0.6) is 5.75 Å². The minimum absolute atomic E-state index is 0.161. The first kappa shape index (κ1) is 13.7. The molecule has 3 heteroatoms. The highest BCUT2D eigenvalue weighted by Crippen LogP contribution is 2.22. The molecule has 1 saturated heterocycles. The van der Waals surface area contributed by atoms with Crippen LogP contribution < -0.4 is 4.74 Å². The number of rotatable bonds is 4. The van der Waals surface area contributed by atoms with E-state index in [0.29, 0.717) is 6.42 Å². The zero-order chi connectivity index (χ0) is 13.7. The van der Waals surface area contributed by atoms with Gasteiger partial charge < -0.3 is 9.64 Å². The number of amides is 1. The molecular weight excluding hydrogens is 238 g/mol. The van der Waals surface area contributed by atoms with E-state index in [2.05, 4.69) is 6.58 Å². The molecular formula is C16H21NO2. The first-order chi connectivity index (χ1) is 9.26. The number of nitrogens with zero attached hydrogens (tertiary/aromatic N) is 1. The fraction of sp³-hybridized carbons (Fsp3) is 0.438. The summed E-state index contributed by atoms with van der Waals surface area (Å²) in [6, 6.07) is 7.89. The van der Waals surface area contributed by atoms with Gasteiger partial charge in [-0.1, -0.05) is 24.3 Å². The van der Waals surface area contributed by atoms with Crippen LogP contribution in [0.1, 0.15) is 24.8 Å². The fourth-order valence-corrected chi connectivity index (χ4v) is 2.63. The van der Waals surface area contributed by atoms with Crippen molar-refractivity contribution >= 4 is 5.91 Å². The van der Waals surface area contributed by atoms with E-state index < -0.39 is 0 Å². The zero-order valence-electron chi connectivity index (χ0n) is 11.5. The first-order valence-corrected chi connectivity index (χ1v) is 6.80. The average Bonchev–Trinajstić information content (AvgIpc) is 2.47. The Morgan fingerprint density at radius 3 is 3.00 bits per heavy atom. The zero-order valence-corrected chi connectivity index (χ0v) is 11.5. The third-order valence-corrected chi connectivity index (χ3v) is 3.68. The molecule has 1 aromatic carbocycles. The number of ether oxygens (including phenoxy) is 1. The molecule has 0 aliphatic carbocycles. The molecule has 0 radical (unpaired) electrons. The lowest BCUT2D eigenvalue weighted by molar-refractivity contribution is -0.133. The summed E-state index contributed by atoms with van der Waals surface area (Å²) in [5, 5.41) is 0. The molecule has 0 bridgehead atoms. The number of hydrogen-bond donors (Lipinski definition) is 0. The molecule has 0 spiro atoms. The molecule has 1 atom stereocenters. The Balaban J connectivity index is 2.09. The van der Waals surface area contributed by atoms with Gasteiger partial charge in [0.25, 0.3) is 0 Å². The highest BCUT2D eigenvalue weighted by Gasteiger charge is 2.24. The Hall–Kier alpha value is -1.77. The summed E-state index contributed by atoms with van der Waals surface area (Å²) in [5.41, 5.74) is 0.948. The van der Waals surface area contributed by atoms with E-state index >= 15 is 0 Å². The van der Waals surface area contributed by atoms with Crippen molar-refractivity contribution in [2.24, 2.45) is 0 Å². The molecule has 0 N–H and O–H groups in total. The van der Waals surface area contributed by atoms with Crippen LogP contribution in [-0.4, -0.2) is 30.5 Å². The van der Waals surface area contributed by atoms with Gasteiger partial charge in [-0.05, 0) is 25.3 Å². The lowest BCUT2D eigenvalue weighted by Crippen LogP contribution is -2.43. The first-order valence-electron chi connectivity index (χ1n) is 6.80. The smallest absolute Gasteiger partial charge is 0.227 e. The standard InChI is InChI=1S/C16H21NO2/c1-3-14-9-6-7-11-17(14)16(18)12-13-8-4-5-10-15(13)19-2/h3-5,8,10,14H,1,6-7,9,11-12H2,2H3/t14-/m1/s1. The summed E-state index contributed by atoms with van der Waals surface area (Å²) >= 11 is 0. The topological polar surface area (TPSA) is 29.5 Å². The number of likely N-dealkylation sites (tertiary alicyclic amines) is 1. The van der Waals surface area contributed by atoms with E-state index in [1.54, 1.807) is 7.11 Å². The molecule has 0 unspecified atom stereocenters. The van der Waals surface area contributed by atoms with Gasteiger partial charge in [0.1, 0.15) is 5.75 Å². The Morgan fingerprint density at radius 2 is 2.26 bits per heavy atom. The summed E-state index contributed by atoms with van der Waals surface area (Å²) in [6.45, 7) is 4.68. The molecule has 19 heavy (non-hydrogen) atoms. The predicted octanol–water partition coefficient (Wildman–Crippen LogP) is 2.80. The second kappa shape index (κ2) is 6.41. The number of para-hydroxylation sites is 1. The summed E-state index contributed by atoms with van der Waals surface area (Å²) in [7, 11) is 1.64. The predicted molar refractivity (Wildman–Crippen MR) is 76.2 cm³/mol. The van der Waals surface area contributed by atoms with Crippen LogP contribution in [0.4, 0.5) is 0 Å². The number of methoxy groups -OCH3 is 1. The van der Waals surface area contributed by atoms with Crippen LogP contribution in [-0.2, 0) is 11.2 Å². The van der Waals surface area contributed by atoms with Crippen molar-refractivity contribution in [1.82, 2.24) is 4.90 Å². The molecule has 1 heterocycles. The quantitative estimate of drug-likeness (QED) is 0.778.